The number of aromatic nitrogens is 4. The number of hydrogen-bond donors (Lipinski definition) is 3. The number of carbonyl (C=O) groups is 2. The highest BCUT2D eigenvalue weighted by atomic mass is 32.2. The van der Waals surface area contributed by atoms with E-state index in [2.05, 4.69) is 42.7 Å². The SMILES string of the molecule is Cn1nc(N2CCC(=O)NC2=O)c2ccc(C3CCN(CC4CCN(S(=O)(=O)c5ccc(Nc6ncc(C(F)(F)F)c(OC7CCC[C@H]7O)n6)cc5)CC4)CC3)cc21. The fourth-order valence-electron chi connectivity index (χ4n) is 8.51. The molecule has 2 aromatic carbocycles. The number of hydrogen-bond acceptors (Lipinski definition) is 11. The fraction of sp³-hybridized carbons (Fsp3) is 0.513. The summed E-state index contributed by atoms with van der Waals surface area (Å²) < 4.78 is 76.9. The Morgan fingerprint density at radius 2 is 1.71 bits per heavy atom. The highest BCUT2D eigenvalue weighted by Crippen LogP contribution is 2.38. The van der Waals surface area contributed by atoms with Gasteiger partial charge in [-0.25, -0.2) is 18.2 Å². The number of ether oxygens (including phenoxy) is 1. The molecule has 1 saturated carbocycles. The normalized spacial score (nSPS) is 22.1. The number of carbonyl (C=O) groups excluding carboxylic acids is 2. The van der Waals surface area contributed by atoms with Crippen LogP contribution in [0.3, 0.4) is 0 Å². The van der Waals surface area contributed by atoms with Crippen LogP contribution in [0.5, 0.6) is 5.88 Å². The third kappa shape index (κ3) is 8.35. The zero-order valence-electron chi connectivity index (χ0n) is 32.0. The second-order valence-electron chi connectivity index (χ2n) is 15.6. The molecule has 310 valence electrons. The number of likely N-dealkylation sites (tertiary alicyclic amines) is 1. The van der Waals surface area contributed by atoms with Crippen LogP contribution in [0, 0.1) is 5.92 Å². The molecule has 19 heteroatoms. The topological polar surface area (TPSA) is 175 Å². The summed E-state index contributed by atoms with van der Waals surface area (Å²) in [6.45, 7) is 3.89. The van der Waals surface area contributed by atoms with Crippen molar-refractivity contribution in [3.05, 3.63) is 59.8 Å². The lowest BCUT2D eigenvalue weighted by Crippen LogP contribution is -2.49. The lowest BCUT2D eigenvalue weighted by molar-refractivity contribution is -0.140. The number of piperidine rings is 2. The molecule has 1 aliphatic carbocycles. The Hall–Kier alpha value is -4.85. The molecule has 1 unspecified atom stereocenters. The van der Waals surface area contributed by atoms with Gasteiger partial charge in [0.1, 0.15) is 11.7 Å². The molecule has 15 nitrogen and oxygen atoms in total. The van der Waals surface area contributed by atoms with E-state index >= 15 is 0 Å². The van der Waals surface area contributed by atoms with E-state index in [1.807, 2.05) is 13.1 Å². The van der Waals surface area contributed by atoms with Gasteiger partial charge in [-0.1, -0.05) is 6.07 Å². The predicted octanol–water partition coefficient (Wildman–Crippen LogP) is 5.14. The lowest BCUT2D eigenvalue weighted by atomic mass is 9.88. The van der Waals surface area contributed by atoms with Crippen LogP contribution in [0.1, 0.15) is 68.4 Å². The van der Waals surface area contributed by atoms with Gasteiger partial charge in [0.2, 0.25) is 27.8 Å². The first kappa shape index (κ1) is 40.0. The van der Waals surface area contributed by atoms with Crippen LogP contribution in [0.25, 0.3) is 10.9 Å². The number of urea groups is 1. The minimum absolute atomic E-state index is 0.111. The molecule has 8 rings (SSSR count). The molecule has 3 N–H and O–H groups in total. The van der Waals surface area contributed by atoms with Crippen LogP contribution in [0.4, 0.5) is 35.4 Å². The number of benzene rings is 2. The number of aryl methyl sites for hydroxylation is 1. The lowest BCUT2D eigenvalue weighted by Gasteiger charge is -2.37. The van der Waals surface area contributed by atoms with Gasteiger partial charge in [0.05, 0.1) is 16.5 Å². The van der Waals surface area contributed by atoms with Crippen molar-refractivity contribution in [3.63, 3.8) is 0 Å². The number of imide groups is 1. The minimum Gasteiger partial charge on any atom is -0.471 e. The summed E-state index contributed by atoms with van der Waals surface area (Å²) in [5, 5.41) is 20.8. The number of amides is 3. The zero-order chi connectivity index (χ0) is 40.8. The van der Waals surface area contributed by atoms with E-state index in [1.165, 1.54) is 39.0 Å². The predicted molar refractivity (Wildman–Crippen MR) is 207 cm³/mol. The Kier molecular flexibility index (Phi) is 11.1. The van der Waals surface area contributed by atoms with Crippen molar-refractivity contribution >= 4 is 50.3 Å². The molecule has 0 radical (unpaired) electrons. The third-order valence-electron chi connectivity index (χ3n) is 11.8. The quantitative estimate of drug-likeness (QED) is 0.193. The number of anilines is 3. The molecule has 0 bridgehead atoms. The molecule has 2 atom stereocenters. The van der Waals surface area contributed by atoms with E-state index in [1.54, 1.807) is 4.68 Å². The highest BCUT2D eigenvalue weighted by Gasteiger charge is 2.39. The largest absolute Gasteiger partial charge is 0.471 e. The first-order chi connectivity index (χ1) is 27.7. The molecule has 3 amide bonds. The van der Waals surface area contributed by atoms with Crippen molar-refractivity contribution < 1.29 is 41.0 Å². The van der Waals surface area contributed by atoms with E-state index in [0.717, 1.165) is 56.2 Å². The van der Waals surface area contributed by atoms with E-state index in [9.17, 15) is 36.3 Å². The first-order valence-electron chi connectivity index (χ1n) is 19.7. The van der Waals surface area contributed by atoms with Gasteiger partial charge in [0.15, 0.2) is 5.82 Å². The zero-order valence-corrected chi connectivity index (χ0v) is 32.8. The number of fused-ring (bicyclic) bond motifs is 1. The molecule has 2 aromatic heterocycles. The smallest absolute Gasteiger partial charge is 0.423 e. The molecule has 4 fully saturated rings. The molecule has 3 aliphatic heterocycles. The third-order valence-corrected chi connectivity index (χ3v) is 13.7. The summed E-state index contributed by atoms with van der Waals surface area (Å²) in [4.78, 5) is 36.0. The van der Waals surface area contributed by atoms with E-state index < -0.39 is 45.9 Å². The number of nitrogens with zero attached hydrogens (tertiary/aromatic N) is 7. The van der Waals surface area contributed by atoms with Gasteiger partial charge < -0.3 is 20.1 Å². The van der Waals surface area contributed by atoms with Crippen molar-refractivity contribution in [2.45, 2.75) is 80.6 Å². The minimum atomic E-state index is -4.76. The van der Waals surface area contributed by atoms with Crippen LogP contribution in [0.2, 0.25) is 0 Å². The summed E-state index contributed by atoms with van der Waals surface area (Å²) >= 11 is 0. The Bertz CT molecular complexity index is 2270. The van der Waals surface area contributed by atoms with Gasteiger partial charge in [0, 0.05) is 56.9 Å². The van der Waals surface area contributed by atoms with Crippen LogP contribution < -0.4 is 20.3 Å². The number of rotatable bonds is 10. The maximum absolute atomic E-state index is 13.7. The number of halogens is 3. The van der Waals surface area contributed by atoms with Crippen LogP contribution in [0.15, 0.2) is 53.6 Å². The van der Waals surface area contributed by atoms with Crippen molar-refractivity contribution in [1.82, 2.24) is 34.3 Å². The molecule has 58 heavy (non-hydrogen) atoms. The summed E-state index contributed by atoms with van der Waals surface area (Å²) in [6, 6.07) is 11.8. The molecule has 4 aromatic rings. The standard InChI is InChI=1S/C39H46F3N9O6S/c1-48-31-21-26(5-10-29(31)35(47-48)51-20-15-34(53)45-38(51)54)25-13-16-49(17-14-25)23-24-11-18-50(19-12-24)58(55,56)28-8-6-27(7-9-28)44-37-43-22-30(39(40,41)42)36(46-37)57-33-4-2-3-32(33)52/h5-10,21-22,24-25,32-33,52H,2-4,11-20,23H2,1H3,(H,43,44,46)(H,45,53,54)/t32-,33?/m1/s1. The van der Waals surface area contributed by atoms with Gasteiger partial charge in [-0.05, 0) is 112 Å². The highest BCUT2D eigenvalue weighted by molar-refractivity contribution is 7.89. The summed E-state index contributed by atoms with van der Waals surface area (Å²) in [5.41, 5.74) is 1.40. The molecular weight excluding hydrogens is 780 g/mol. The molecular formula is C39H46F3N9O6S. The van der Waals surface area contributed by atoms with Gasteiger partial charge in [0.25, 0.3) is 0 Å². The Balaban J connectivity index is 0.824. The van der Waals surface area contributed by atoms with Crippen LogP contribution in [-0.2, 0) is 28.0 Å². The second-order valence-corrected chi connectivity index (χ2v) is 17.6. The average Bonchev–Trinajstić information content (AvgIpc) is 3.75. The van der Waals surface area contributed by atoms with Crippen molar-refractivity contribution in [2.75, 3.05) is 49.5 Å². The number of sulfonamides is 1. The fourth-order valence-corrected chi connectivity index (χ4v) is 9.98. The van der Waals surface area contributed by atoms with Crippen LogP contribution in [-0.4, -0.2) is 106 Å². The number of nitrogens with one attached hydrogen (secondary N) is 2. The monoisotopic (exact) mass is 825 g/mol. The summed E-state index contributed by atoms with van der Waals surface area (Å²) in [6.07, 6.45) is -0.638. The second kappa shape index (κ2) is 16.1. The molecule has 4 aliphatic rings. The number of aliphatic hydroxyl groups is 1. The number of alkyl halides is 3. The van der Waals surface area contributed by atoms with E-state index in [0.29, 0.717) is 68.4 Å². The molecule has 0 spiro atoms. The van der Waals surface area contributed by atoms with Gasteiger partial charge in [-0.15, -0.1) is 0 Å². The van der Waals surface area contributed by atoms with Gasteiger partial charge >= 0.3 is 12.2 Å². The Morgan fingerprint density at radius 1 is 0.966 bits per heavy atom. The van der Waals surface area contributed by atoms with Crippen molar-refractivity contribution in [3.8, 4) is 5.88 Å². The van der Waals surface area contributed by atoms with Crippen LogP contribution >= 0.6 is 0 Å². The average molecular weight is 826 g/mol. The Labute approximate surface area is 333 Å². The maximum atomic E-state index is 13.7. The molecule has 3 saturated heterocycles. The Morgan fingerprint density at radius 3 is 2.38 bits per heavy atom. The summed E-state index contributed by atoms with van der Waals surface area (Å²) in [5.74, 6) is 0.179. The number of aliphatic hydroxyl groups excluding tert-OH is 1. The van der Waals surface area contributed by atoms with E-state index in [-0.39, 0.29) is 23.2 Å². The molecule has 5 heterocycles. The summed E-state index contributed by atoms with van der Waals surface area (Å²) in [7, 11) is -1.91. The van der Waals surface area contributed by atoms with Crippen molar-refractivity contribution in [1.29, 1.82) is 0 Å². The van der Waals surface area contributed by atoms with Gasteiger partial charge in [-0.3, -0.25) is 19.7 Å². The van der Waals surface area contributed by atoms with E-state index in [4.69, 9.17) is 4.74 Å². The van der Waals surface area contributed by atoms with Gasteiger partial charge in [-0.2, -0.15) is 27.6 Å². The first-order valence-corrected chi connectivity index (χ1v) is 21.1. The maximum Gasteiger partial charge on any atom is 0.423 e. The van der Waals surface area contributed by atoms with Crippen molar-refractivity contribution in [2.24, 2.45) is 13.0 Å².